The largest absolute Gasteiger partial charge is 0.367 e. The van der Waals surface area contributed by atoms with Gasteiger partial charge in [0.15, 0.2) is 0 Å². The fraction of sp³-hybridized carbons (Fsp3) is 0.429. The normalized spacial score (nSPS) is 14.2. The summed E-state index contributed by atoms with van der Waals surface area (Å²) in [5, 5.41) is 7.19. The number of amides is 3. The molecule has 1 fully saturated rings. The topological polar surface area (TPSA) is 86.5 Å². The molecule has 2 heterocycles. The van der Waals surface area contributed by atoms with Gasteiger partial charge in [0.1, 0.15) is 12.4 Å². The van der Waals surface area contributed by atoms with E-state index >= 15 is 0 Å². The lowest BCUT2D eigenvalue weighted by Gasteiger charge is -2.32. The molecular weight excluding hydrogens is 459 g/mol. The van der Waals surface area contributed by atoms with Gasteiger partial charge in [-0.2, -0.15) is 0 Å². The lowest BCUT2D eigenvalue weighted by Crippen LogP contribution is -2.45. The SMILES string of the molecule is Cc1[nH]c2ccccc2c1CCNC(=O)N1CCC(CCNC(=O)COCc2ccc(F)cc2)CC1. The van der Waals surface area contributed by atoms with Crippen LogP contribution >= 0.6 is 0 Å². The minimum atomic E-state index is -0.292. The molecule has 7 nitrogen and oxygen atoms in total. The number of ether oxygens (including phenoxy) is 1. The van der Waals surface area contributed by atoms with Crippen molar-refractivity contribution in [2.45, 2.75) is 39.2 Å². The number of aryl methyl sites for hydroxylation is 1. The number of carbonyl (C=O) groups is 2. The number of H-pyrrole nitrogens is 1. The highest BCUT2D eigenvalue weighted by Crippen LogP contribution is 2.22. The van der Waals surface area contributed by atoms with Crippen molar-refractivity contribution in [3.05, 3.63) is 71.2 Å². The van der Waals surface area contributed by atoms with Crippen LogP contribution in [0.15, 0.2) is 48.5 Å². The molecule has 4 rings (SSSR count). The lowest BCUT2D eigenvalue weighted by atomic mass is 9.94. The Hall–Kier alpha value is -3.39. The summed E-state index contributed by atoms with van der Waals surface area (Å²) in [5.74, 6) is 0.0437. The van der Waals surface area contributed by atoms with E-state index in [0.29, 0.717) is 19.0 Å². The van der Waals surface area contributed by atoms with Crippen LogP contribution in [0.4, 0.5) is 9.18 Å². The molecule has 1 aliphatic rings. The number of aromatic amines is 1. The number of carbonyl (C=O) groups excluding carboxylic acids is 2. The Morgan fingerprint density at radius 2 is 1.81 bits per heavy atom. The van der Waals surface area contributed by atoms with Crippen LogP contribution in [-0.2, 0) is 22.6 Å². The van der Waals surface area contributed by atoms with Gasteiger partial charge < -0.3 is 25.3 Å². The summed E-state index contributed by atoms with van der Waals surface area (Å²) in [6.45, 7) is 5.00. The Labute approximate surface area is 211 Å². The van der Waals surface area contributed by atoms with Crippen molar-refractivity contribution in [3.63, 3.8) is 0 Å². The van der Waals surface area contributed by atoms with Crippen LogP contribution in [0.1, 0.15) is 36.1 Å². The van der Waals surface area contributed by atoms with E-state index < -0.39 is 0 Å². The first-order valence-corrected chi connectivity index (χ1v) is 12.7. The summed E-state index contributed by atoms with van der Waals surface area (Å²) >= 11 is 0. The van der Waals surface area contributed by atoms with Crippen molar-refractivity contribution in [1.29, 1.82) is 0 Å². The number of hydrogen-bond donors (Lipinski definition) is 3. The van der Waals surface area contributed by atoms with E-state index in [0.717, 1.165) is 55.5 Å². The number of urea groups is 1. The van der Waals surface area contributed by atoms with E-state index in [1.807, 2.05) is 17.0 Å². The number of piperidine rings is 1. The van der Waals surface area contributed by atoms with Gasteiger partial charge >= 0.3 is 6.03 Å². The highest BCUT2D eigenvalue weighted by Gasteiger charge is 2.22. The van der Waals surface area contributed by atoms with Crippen molar-refractivity contribution < 1.29 is 18.7 Å². The monoisotopic (exact) mass is 494 g/mol. The van der Waals surface area contributed by atoms with Gasteiger partial charge in [0.2, 0.25) is 5.91 Å². The number of aromatic nitrogens is 1. The van der Waals surface area contributed by atoms with Gasteiger partial charge in [-0.25, -0.2) is 9.18 Å². The van der Waals surface area contributed by atoms with Crippen LogP contribution in [0.5, 0.6) is 0 Å². The molecule has 1 saturated heterocycles. The standard InChI is InChI=1S/C28H35FN4O3/c1-20-24(25-4-2-3-5-26(25)32-20)11-15-31-28(35)33-16-12-21(13-17-33)10-14-30-27(34)19-36-18-22-6-8-23(29)9-7-22/h2-9,21,32H,10-19H2,1H3,(H,30,34)(H,31,35). The number of likely N-dealkylation sites (tertiary alicyclic amines) is 1. The van der Waals surface area contributed by atoms with Gasteiger partial charge in [-0.3, -0.25) is 4.79 Å². The Morgan fingerprint density at radius 1 is 1.06 bits per heavy atom. The van der Waals surface area contributed by atoms with Crippen molar-refractivity contribution >= 4 is 22.8 Å². The Morgan fingerprint density at radius 3 is 2.58 bits per heavy atom. The Kier molecular flexibility index (Phi) is 8.95. The maximum atomic E-state index is 12.9. The first-order chi connectivity index (χ1) is 17.5. The second-order valence-corrected chi connectivity index (χ2v) is 9.44. The minimum Gasteiger partial charge on any atom is -0.367 e. The highest BCUT2D eigenvalue weighted by molar-refractivity contribution is 5.84. The number of hydrogen-bond acceptors (Lipinski definition) is 3. The molecule has 192 valence electrons. The number of fused-ring (bicyclic) bond motifs is 1. The summed E-state index contributed by atoms with van der Waals surface area (Å²) in [6.07, 6.45) is 3.56. The fourth-order valence-electron chi connectivity index (χ4n) is 4.80. The summed E-state index contributed by atoms with van der Waals surface area (Å²) in [7, 11) is 0. The Bertz CT molecular complexity index is 1150. The molecule has 0 atom stereocenters. The van der Waals surface area contributed by atoms with Crippen LogP contribution < -0.4 is 10.6 Å². The van der Waals surface area contributed by atoms with E-state index in [1.165, 1.54) is 23.1 Å². The van der Waals surface area contributed by atoms with Crippen molar-refractivity contribution in [2.24, 2.45) is 5.92 Å². The van der Waals surface area contributed by atoms with Crippen molar-refractivity contribution in [3.8, 4) is 0 Å². The van der Waals surface area contributed by atoms with Gasteiger partial charge in [-0.05, 0) is 67.9 Å². The average Bonchev–Trinajstić information content (AvgIpc) is 3.20. The number of rotatable bonds is 10. The summed E-state index contributed by atoms with van der Waals surface area (Å²) < 4.78 is 18.3. The number of nitrogens with one attached hydrogen (secondary N) is 3. The van der Waals surface area contributed by atoms with E-state index in [2.05, 4.69) is 34.7 Å². The molecule has 0 saturated carbocycles. The summed E-state index contributed by atoms with van der Waals surface area (Å²) in [5.41, 5.74) is 4.37. The zero-order valence-electron chi connectivity index (χ0n) is 20.8. The molecule has 3 amide bonds. The van der Waals surface area contributed by atoms with Crippen LogP contribution in [0.3, 0.4) is 0 Å². The van der Waals surface area contributed by atoms with Crippen LogP contribution in [0.2, 0.25) is 0 Å². The maximum Gasteiger partial charge on any atom is 0.317 e. The predicted octanol–water partition coefficient (Wildman–Crippen LogP) is 4.30. The predicted molar refractivity (Wildman–Crippen MR) is 138 cm³/mol. The van der Waals surface area contributed by atoms with Crippen molar-refractivity contribution in [2.75, 3.05) is 32.8 Å². The second-order valence-electron chi connectivity index (χ2n) is 9.44. The van der Waals surface area contributed by atoms with Gasteiger partial charge in [0.25, 0.3) is 0 Å². The van der Waals surface area contributed by atoms with Gasteiger partial charge in [0.05, 0.1) is 6.61 Å². The van der Waals surface area contributed by atoms with Gasteiger partial charge in [0, 0.05) is 42.8 Å². The minimum absolute atomic E-state index is 0.00227. The molecule has 0 bridgehead atoms. The van der Waals surface area contributed by atoms with E-state index in [1.54, 1.807) is 12.1 Å². The quantitative estimate of drug-likeness (QED) is 0.393. The number of nitrogens with zero attached hydrogens (tertiary/aromatic N) is 1. The number of halogens is 1. The lowest BCUT2D eigenvalue weighted by molar-refractivity contribution is -0.126. The molecule has 0 aliphatic carbocycles. The Balaban J connectivity index is 1.08. The van der Waals surface area contributed by atoms with Crippen molar-refractivity contribution in [1.82, 2.24) is 20.5 Å². The third kappa shape index (κ3) is 7.07. The zero-order chi connectivity index (χ0) is 25.3. The molecule has 36 heavy (non-hydrogen) atoms. The van der Waals surface area contributed by atoms with E-state index in [-0.39, 0.29) is 31.0 Å². The van der Waals surface area contributed by atoms with Crippen LogP contribution in [0, 0.1) is 18.7 Å². The van der Waals surface area contributed by atoms with Gasteiger partial charge in [-0.1, -0.05) is 30.3 Å². The zero-order valence-corrected chi connectivity index (χ0v) is 20.8. The third-order valence-electron chi connectivity index (χ3n) is 6.87. The second kappa shape index (κ2) is 12.5. The molecule has 0 spiro atoms. The molecular formula is C28H35FN4O3. The summed E-state index contributed by atoms with van der Waals surface area (Å²) in [6, 6.07) is 14.3. The smallest absolute Gasteiger partial charge is 0.317 e. The van der Waals surface area contributed by atoms with Crippen LogP contribution in [-0.4, -0.2) is 54.6 Å². The molecule has 3 aromatic rings. The maximum absolute atomic E-state index is 12.9. The number of para-hydroxylation sites is 1. The van der Waals surface area contributed by atoms with Crippen LogP contribution in [0.25, 0.3) is 10.9 Å². The molecule has 1 aromatic heterocycles. The third-order valence-corrected chi connectivity index (χ3v) is 6.87. The first-order valence-electron chi connectivity index (χ1n) is 12.7. The van der Waals surface area contributed by atoms with E-state index in [4.69, 9.17) is 4.74 Å². The highest BCUT2D eigenvalue weighted by atomic mass is 19.1. The summed E-state index contributed by atoms with van der Waals surface area (Å²) in [4.78, 5) is 29.9. The molecule has 3 N–H and O–H groups in total. The molecule has 0 unspecified atom stereocenters. The number of benzene rings is 2. The molecule has 2 aromatic carbocycles. The van der Waals surface area contributed by atoms with Gasteiger partial charge in [-0.15, -0.1) is 0 Å². The van der Waals surface area contributed by atoms with E-state index in [9.17, 15) is 14.0 Å². The molecule has 0 radical (unpaired) electrons. The first kappa shape index (κ1) is 25.7. The molecule has 8 heteroatoms. The average molecular weight is 495 g/mol. The molecule has 1 aliphatic heterocycles. The fourth-order valence-corrected chi connectivity index (χ4v) is 4.80.